The highest BCUT2D eigenvalue weighted by molar-refractivity contribution is 7.75. The largest absolute Gasteiger partial charge is 0.435 e. The first-order valence-corrected chi connectivity index (χ1v) is 17.6. The molecule has 3 unspecified atom stereocenters. The molecule has 0 bridgehead atoms. The van der Waals surface area contributed by atoms with Crippen molar-refractivity contribution in [1.82, 2.24) is 0 Å². The van der Waals surface area contributed by atoms with Gasteiger partial charge in [-0.3, -0.25) is 0 Å². The SMILES string of the molecule is C[SiH](O)[Si](C)(O)[Si](C)(O)[Si](C)(C)O. The van der Waals surface area contributed by atoms with Gasteiger partial charge in [0.05, 0.1) is 0 Å². The molecule has 0 amide bonds. The first-order valence-electron chi connectivity index (χ1n) is 4.30. The summed E-state index contributed by atoms with van der Waals surface area (Å²) in [7, 11) is -10.9. The number of hydrogen-bond acceptors (Lipinski definition) is 4. The van der Waals surface area contributed by atoms with Crippen molar-refractivity contribution in [3.63, 3.8) is 0 Å². The van der Waals surface area contributed by atoms with Gasteiger partial charge in [0.2, 0.25) is 14.7 Å². The predicted molar refractivity (Wildman–Crippen MR) is 62.6 cm³/mol. The third-order valence-electron chi connectivity index (χ3n) is 2.99. The minimum atomic E-state index is -2.99. The van der Waals surface area contributed by atoms with Crippen LogP contribution in [-0.4, -0.2) is 50.3 Å². The molecule has 0 aromatic heterocycles. The van der Waals surface area contributed by atoms with Crippen LogP contribution in [0.4, 0.5) is 0 Å². The van der Waals surface area contributed by atoms with Crippen LogP contribution in [0.15, 0.2) is 0 Å². The fourth-order valence-corrected chi connectivity index (χ4v) is 42.9. The molecule has 0 aliphatic rings. The number of hydrogen-bond donors (Lipinski definition) is 4. The zero-order valence-corrected chi connectivity index (χ0v) is 13.0. The second-order valence-corrected chi connectivity index (χ2v) is 35.0. The van der Waals surface area contributed by atoms with Crippen molar-refractivity contribution >= 4 is 31.1 Å². The molecule has 13 heavy (non-hydrogen) atoms. The van der Waals surface area contributed by atoms with Crippen LogP contribution in [0.1, 0.15) is 0 Å². The normalized spacial score (nSPS) is 24.7. The molecular weight excluding hydrogens is 236 g/mol. The van der Waals surface area contributed by atoms with Gasteiger partial charge < -0.3 is 19.2 Å². The van der Waals surface area contributed by atoms with Crippen molar-refractivity contribution in [1.29, 1.82) is 0 Å². The lowest BCUT2D eigenvalue weighted by Crippen LogP contribution is -2.79. The van der Waals surface area contributed by atoms with E-state index in [1.165, 1.54) is 0 Å². The maximum absolute atomic E-state index is 10.2. The molecule has 0 radical (unpaired) electrons. The molecule has 0 rings (SSSR count). The van der Waals surface area contributed by atoms with Crippen LogP contribution in [0.5, 0.6) is 0 Å². The Morgan fingerprint density at radius 2 is 1.23 bits per heavy atom. The van der Waals surface area contributed by atoms with Crippen molar-refractivity contribution in [3.05, 3.63) is 0 Å². The van der Waals surface area contributed by atoms with Gasteiger partial charge in [0, 0.05) is 0 Å². The summed E-state index contributed by atoms with van der Waals surface area (Å²) < 4.78 is 0. The molecule has 0 heterocycles. The van der Waals surface area contributed by atoms with E-state index >= 15 is 0 Å². The molecule has 0 aliphatic heterocycles. The van der Waals surface area contributed by atoms with E-state index in [0.717, 1.165) is 0 Å². The highest BCUT2D eigenvalue weighted by Gasteiger charge is 2.61. The van der Waals surface area contributed by atoms with E-state index in [0.29, 0.717) is 0 Å². The molecule has 0 fully saturated rings. The molecule has 0 aromatic rings. The summed E-state index contributed by atoms with van der Waals surface area (Å²) in [6.07, 6.45) is 0. The average Bonchev–Trinajstić information content (AvgIpc) is 1.84. The van der Waals surface area contributed by atoms with Crippen LogP contribution in [-0.2, 0) is 0 Å². The summed E-state index contributed by atoms with van der Waals surface area (Å²) in [5.41, 5.74) is 0. The van der Waals surface area contributed by atoms with E-state index in [4.69, 9.17) is 0 Å². The van der Waals surface area contributed by atoms with Crippen LogP contribution in [0.3, 0.4) is 0 Å². The Hall–Kier alpha value is 0.708. The monoisotopic (exact) mass is 256 g/mol. The van der Waals surface area contributed by atoms with Gasteiger partial charge in [0.25, 0.3) is 0 Å². The maximum atomic E-state index is 10.2. The van der Waals surface area contributed by atoms with Crippen LogP contribution in [0.25, 0.3) is 0 Å². The van der Waals surface area contributed by atoms with Crippen molar-refractivity contribution in [3.8, 4) is 0 Å². The zero-order chi connectivity index (χ0) is 11.1. The second kappa shape index (κ2) is 3.70. The summed E-state index contributed by atoms with van der Waals surface area (Å²) >= 11 is 0. The molecule has 0 aliphatic carbocycles. The smallest absolute Gasteiger partial charge is 0.221 e. The summed E-state index contributed by atoms with van der Waals surface area (Å²) in [6, 6.07) is 0. The fourth-order valence-electron chi connectivity index (χ4n) is 1.03. The predicted octanol–water partition coefficient (Wildman–Crippen LogP) is -1.10. The molecule has 80 valence electrons. The maximum Gasteiger partial charge on any atom is 0.221 e. The van der Waals surface area contributed by atoms with Crippen LogP contribution >= 0.6 is 0 Å². The molecule has 4 N–H and O–H groups in total. The van der Waals surface area contributed by atoms with Gasteiger partial charge in [-0.05, 0) is 32.7 Å². The lowest BCUT2D eigenvalue weighted by Gasteiger charge is -2.41. The topological polar surface area (TPSA) is 80.9 Å². The van der Waals surface area contributed by atoms with Crippen molar-refractivity contribution in [2.75, 3.05) is 0 Å². The van der Waals surface area contributed by atoms with Gasteiger partial charge in [-0.25, -0.2) is 0 Å². The molecular formula is C5H20O4Si4. The van der Waals surface area contributed by atoms with Crippen molar-refractivity contribution < 1.29 is 19.2 Å². The minimum absolute atomic E-state index is 1.58. The van der Waals surface area contributed by atoms with E-state index in [2.05, 4.69) is 0 Å². The Bertz CT molecular complexity index is 185. The Balaban J connectivity index is 5.04. The molecule has 0 spiro atoms. The van der Waals surface area contributed by atoms with Crippen LogP contribution in [0.2, 0.25) is 32.7 Å². The summed E-state index contributed by atoms with van der Waals surface area (Å²) in [5.74, 6) is 0. The van der Waals surface area contributed by atoms with Crippen LogP contribution < -0.4 is 0 Å². The molecule has 0 saturated carbocycles. The quantitative estimate of drug-likeness (QED) is 0.483. The first kappa shape index (κ1) is 13.7. The number of rotatable bonds is 3. The van der Waals surface area contributed by atoms with Gasteiger partial charge >= 0.3 is 0 Å². The van der Waals surface area contributed by atoms with Crippen molar-refractivity contribution in [2.45, 2.75) is 32.7 Å². The molecule has 3 atom stereocenters. The third kappa shape index (κ3) is 2.39. The lowest BCUT2D eigenvalue weighted by molar-refractivity contribution is 0.501. The molecule has 4 nitrogen and oxygen atoms in total. The average molecular weight is 257 g/mol. The van der Waals surface area contributed by atoms with E-state index in [-0.39, 0.29) is 0 Å². The zero-order valence-electron chi connectivity index (χ0n) is 8.87. The van der Waals surface area contributed by atoms with Gasteiger partial charge in [-0.15, -0.1) is 0 Å². The lowest BCUT2D eigenvalue weighted by atomic mass is 11.9. The molecule has 0 saturated heterocycles. The summed E-state index contributed by atoms with van der Waals surface area (Å²) in [5, 5.41) is 0. The third-order valence-corrected chi connectivity index (χ3v) is 48.4. The minimum Gasteiger partial charge on any atom is -0.435 e. The van der Waals surface area contributed by atoms with E-state index in [9.17, 15) is 19.2 Å². The van der Waals surface area contributed by atoms with E-state index in [1.807, 2.05) is 0 Å². The van der Waals surface area contributed by atoms with Gasteiger partial charge in [-0.2, -0.15) is 0 Å². The Kier molecular flexibility index (Phi) is 3.90. The van der Waals surface area contributed by atoms with Crippen molar-refractivity contribution in [2.24, 2.45) is 0 Å². The molecule has 0 aromatic carbocycles. The first-order chi connectivity index (χ1) is 5.44. The summed E-state index contributed by atoms with van der Waals surface area (Å²) in [4.78, 5) is 39.7. The van der Waals surface area contributed by atoms with E-state index < -0.39 is 31.1 Å². The Morgan fingerprint density at radius 3 is 1.31 bits per heavy atom. The van der Waals surface area contributed by atoms with Crippen LogP contribution in [0, 0.1) is 0 Å². The summed E-state index contributed by atoms with van der Waals surface area (Å²) in [6.45, 7) is 8.06. The standard InChI is InChI=1S/C5H20O4Si4/c1-10(6)12(4,8)13(5,9)11(2,3)7/h6-10H,1-5H3. The highest BCUT2D eigenvalue weighted by Crippen LogP contribution is 2.23. The van der Waals surface area contributed by atoms with Gasteiger partial charge in [0.1, 0.15) is 0 Å². The van der Waals surface area contributed by atoms with Gasteiger partial charge in [-0.1, -0.05) is 0 Å². The van der Waals surface area contributed by atoms with Gasteiger partial charge in [0.15, 0.2) is 16.4 Å². The molecule has 8 heteroatoms. The highest BCUT2D eigenvalue weighted by atomic mass is 29.8. The Labute approximate surface area is 83.4 Å². The Morgan fingerprint density at radius 1 is 0.923 bits per heavy atom. The second-order valence-electron chi connectivity index (χ2n) is 4.45. The fraction of sp³-hybridized carbons (Fsp3) is 1.00. The van der Waals surface area contributed by atoms with E-state index in [1.54, 1.807) is 32.7 Å².